The van der Waals surface area contributed by atoms with E-state index < -0.39 is 0 Å². The monoisotopic (exact) mass is 338 g/mol. The molecule has 4 nitrogen and oxygen atoms in total. The molecule has 1 aliphatic carbocycles. The van der Waals surface area contributed by atoms with E-state index >= 15 is 0 Å². The van der Waals surface area contributed by atoms with Crippen LogP contribution < -0.4 is 10.6 Å². The zero-order chi connectivity index (χ0) is 18.3. The lowest BCUT2D eigenvalue weighted by atomic mass is 9.56. The van der Waals surface area contributed by atoms with Crippen molar-refractivity contribution in [3.05, 3.63) is 0 Å². The summed E-state index contributed by atoms with van der Waals surface area (Å²) in [6.45, 7) is 13.0. The molecule has 1 aliphatic rings. The summed E-state index contributed by atoms with van der Waals surface area (Å²) >= 11 is 0. The van der Waals surface area contributed by atoms with E-state index in [9.17, 15) is 9.59 Å². The molecule has 0 aromatic heterocycles. The third-order valence-electron chi connectivity index (χ3n) is 6.38. The average Bonchev–Trinajstić information content (AvgIpc) is 2.59. The van der Waals surface area contributed by atoms with Crippen LogP contribution in [0, 0.1) is 17.3 Å². The molecule has 0 heterocycles. The molecule has 140 valence electrons. The van der Waals surface area contributed by atoms with Crippen LogP contribution in [0.15, 0.2) is 0 Å². The lowest BCUT2D eigenvalue weighted by molar-refractivity contribution is -0.123. The molecule has 2 amide bonds. The van der Waals surface area contributed by atoms with Crippen molar-refractivity contribution in [3.8, 4) is 0 Å². The van der Waals surface area contributed by atoms with Gasteiger partial charge in [-0.15, -0.1) is 0 Å². The molecule has 0 spiro atoms. The fraction of sp³-hybridized carbons (Fsp3) is 0.900. The summed E-state index contributed by atoms with van der Waals surface area (Å²) < 4.78 is 0. The summed E-state index contributed by atoms with van der Waals surface area (Å²) in [5.74, 6) is 1.39. The third-order valence-corrected chi connectivity index (χ3v) is 6.38. The van der Waals surface area contributed by atoms with Crippen molar-refractivity contribution >= 4 is 11.8 Å². The summed E-state index contributed by atoms with van der Waals surface area (Å²) in [5, 5.41) is 6.42. The number of carbonyl (C=O) groups excluding carboxylic acids is 2. The molecule has 2 N–H and O–H groups in total. The third kappa shape index (κ3) is 4.97. The van der Waals surface area contributed by atoms with Gasteiger partial charge < -0.3 is 10.6 Å². The standard InChI is InChI=1S/C20H38N2O2/c1-7-14(5)20(15(6)8-2)12-16(21-18(23)9-3)11-17(13-20)22-19(24)10-4/h14-17H,7-13H2,1-6H3,(H,21,23)(H,22,24). The fourth-order valence-corrected chi connectivity index (χ4v) is 4.49. The zero-order valence-electron chi connectivity index (χ0n) is 16.6. The van der Waals surface area contributed by atoms with Crippen LogP contribution in [0.5, 0.6) is 0 Å². The van der Waals surface area contributed by atoms with Gasteiger partial charge in [0.15, 0.2) is 0 Å². The van der Waals surface area contributed by atoms with Gasteiger partial charge in [-0.3, -0.25) is 9.59 Å². The van der Waals surface area contributed by atoms with Crippen molar-refractivity contribution in [3.63, 3.8) is 0 Å². The second-order valence-corrected chi connectivity index (χ2v) is 7.73. The van der Waals surface area contributed by atoms with Gasteiger partial charge in [0.25, 0.3) is 0 Å². The van der Waals surface area contributed by atoms with E-state index in [0.29, 0.717) is 24.7 Å². The molecule has 0 radical (unpaired) electrons. The Bertz CT molecular complexity index is 384. The van der Waals surface area contributed by atoms with Gasteiger partial charge in [0.1, 0.15) is 0 Å². The number of hydrogen-bond donors (Lipinski definition) is 2. The maximum Gasteiger partial charge on any atom is 0.219 e. The Labute approximate surface area is 148 Å². The summed E-state index contributed by atoms with van der Waals surface area (Å²) in [6, 6.07) is 0.327. The molecule has 0 saturated heterocycles. The van der Waals surface area contributed by atoms with Gasteiger partial charge in [-0.1, -0.05) is 54.4 Å². The highest BCUT2D eigenvalue weighted by atomic mass is 16.2. The number of rotatable bonds is 8. The average molecular weight is 339 g/mol. The van der Waals surface area contributed by atoms with Crippen molar-refractivity contribution in [1.82, 2.24) is 10.6 Å². The lowest BCUT2D eigenvalue weighted by Gasteiger charge is -2.51. The minimum atomic E-state index is 0.115. The smallest absolute Gasteiger partial charge is 0.219 e. The van der Waals surface area contributed by atoms with E-state index in [1.807, 2.05) is 13.8 Å². The molecule has 24 heavy (non-hydrogen) atoms. The SMILES string of the molecule is CCC(=O)NC1CC(NC(=O)CC)CC(C(C)CC)(C(C)CC)C1. The Morgan fingerprint density at radius 3 is 1.54 bits per heavy atom. The van der Waals surface area contributed by atoms with Crippen LogP contribution in [-0.4, -0.2) is 23.9 Å². The highest BCUT2D eigenvalue weighted by Crippen LogP contribution is 2.50. The Morgan fingerprint density at radius 2 is 1.25 bits per heavy atom. The van der Waals surface area contributed by atoms with Crippen molar-refractivity contribution in [1.29, 1.82) is 0 Å². The summed E-state index contributed by atoms with van der Waals surface area (Å²) in [6.07, 6.45) is 6.21. The quantitative estimate of drug-likeness (QED) is 0.702. The van der Waals surface area contributed by atoms with E-state index in [-0.39, 0.29) is 29.3 Å². The number of hydrogen-bond acceptors (Lipinski definition) is 2. The van der Waals surface area contributed by atoms with E-state index in [1.54, 1.807) is 0 Å². The lowest BCUT2D eigenvalue weighted by Crippen LogP contribution is -2.55. The van der Waals surface area contributed by atoms with Gasteiger partial charge in [0.2, 0.25) is 11.8 Å². The topological polar surface area (TPSA) is 58.2 Å². The second kappa shape index (κ2) is 9.43. The molecular weight excluding hydrogens is 300 g/mol. The first kappa shape index (κ1) is 21.0. The van der Waals surface area contributed by atoms with Crippen molar-refractivity contribution in [2.75, 3.05) is 0 Å². The predicted octanol–water partition coefficient (Wildman–Crippen LogP) is 4.04. The molecule has 0 aromatic rings. The number of carbonyl (C=O) groups is 2. The van der Waals surface area contributed by atoms with Gasteiger partial charge in [0, 0.05) is 24.9 Å². The summed E-state index contributed by atoms with van der Waals surface area (Å²) in [7, 11) is 0. The highest BCUT2D eigenvalue weighted by molar-refractivity contribution is 5.76. The van der Waals surface area contributed by atoms with Gasteiger partial charge in [0.05, 0.1) is 0 Å². The molecule has 4 heteroatoms. The number of nitrogens with one attached hydrogen (secondary N) is 2. The molecule has 4 atom stereocenters. The highest BCUT2D eigenvalue weighted by Gasteiger charge is 2.47. The fourth-order valence-electron chi connectivity index (χ4n) is 4.49. The second-order valence-electron chi connectivity index (χ2n) is 7.73. The van der Waals surface area contributed by atoms with E-state index in [4.69, 9.17) is 0 Å². The first-order chi connectivity index (χ1) is 11.3. The van der Waals surface area contributed by atoms with Crippen LogP contribution in [0.1, 0.15) is 86.5 Å². The summed E-state index contributed by atoms with van der Waals surface area (Å²) in [4.78, 5) is 23.9. The molecule has 4 unspecified atom stereocenters. The Morgan fingerprint density at radius 1 is 0.875 bits per heavy atom. The van der Waals surface area contributed by atoms with Crippen LogP contribution in [0.3, 0.4) is 0 Å². The molecule has 1 fully saturated rings. The van der Waals surface area contributed by atoms with Gasteiger partial charge in [-0.05, 0) is 36.5 Å². The molecule has 1 rings (SSSR count). The largest absolute Gasteiger partial charge is 0.353 e. The first-order valence-corrected chi connectivity index (χ1v) is 9.91. The van der Waals surface area contributed by atoms with Gasteiger partial charge in [-0.25, -0.2) is 0 Å². The minimum Gasteiger partial charge on any atom is -0.353 e. The maximum atomic E-state index is 12.0. The van der Waals surface area contributed by atoms with Crippen LogP contribution >= 0.6 is 0 Å². The van der Waals surface area contributed by atoms with Crippen LogP contribution in [0.4, 0.5) is 0 Å². The zero-order valence-corrected chi connectivity index (χ0v) is 16.6. The Hall–Kier alpha value is -1.06. The van der Waals surface area contributed by atoms with E-state index in [2.05, 4.69) is 38.3 Å². The van der Waals surface area contributed by atoms with E-state index in [0.717, 1.165) is 32.1 Å². The Kier molecular flexibility index (Phi) is 8.24. The van der Waals surface area contributed by atoms with Crippen LogP contribution in [0.25, 0.3) is 0 Å². The maximum absolute atomic E-state index is 12.0. The van der Waals surface area contributed by atoms with Crippen molar-refractivity contribution in [2.24, 2.45) is 17.3 Å². The van der Waals surface area contributed by atoms with Crippen LogP contribution in [0.2, 0.25) is 0 Å². The summed E-state index contributed by atoms with van der Waals surface area (Å²) in [5.41, 5.74) is 0.180. The normalized spacial score (nSPS) is 29.6. The predicted molar refractivity (Wildman–Crippen MR) is 99.6 cm³/mol. The first-order valence-electron chi connectivity index (χ1n) is 9.91. The minimum absolute atomic E-state index is 0.115. The molecular formula is C20H38N2O2. The molecule has 0 aromatic carbocycles. The van der Waals surface area contributed by atoms with Gasteiger partial charge in [-0.2, -0.15) is 0 Å². The van der Waals surface area contributed by atoms with Crippen LogP contribution in [-0.2, 0) is 9.59 Å². The van der Waals surface area contributed by atoms with Crippen molar-refractivity contribution < 1.29 is 9.59 Å². The number of amides is 2. The molecule has 1 saturated carbocycles. The molecule has 0 bridgehead atoms. The van der Waals surface area contributed by atoms with Gasteiger partial charge >= 0.3 is 0 Å². The van der Waals surface area contributed by atoms with Crippen molar-refractivity contribution in [2.45, 2.75) is 98.6 Å². The van der Waals surface area contributed by atoms with E-state index in [1.165, 1.54) is 0 Å². The Balaban J connectivity index is 3.09. The molecule has 0 aliphatic heterocycles.